The Bertz CT molecular complexity index is 1350. The lowest BCUT2D eigenvalue weighted by Gasteiger charge is -2.40. The summed E-state index contributed by atoms with van der Waals surface area (Å²) in [6.45, 7) is 29.7. The van der Waals surface area contributed by atoms with Gasteiger partial charge in [0.05, 0.1) is 31.0 Å². The Morgan fingerprint density at radius 1 is 1.02 bits per heavy atom. The highest BCUT2D eigenvalue weighted by Crippen LogP contribution is 2.40. The quantitative estimate of drug-likeness (QED) is 0.0807. The maximum absolute atomic E-state index is 13.4. The zero-order valence-electron chi connectivity index (χ0n) is 33.8. The van der Waals surface area contributed by atoms with E-state index in [4.69, 9.17) is 27.8 Å². The molecule has 0 aromatic heterocycles. The maximum Gasteiger partial charge on any atom is 0.384 e. The predicted octanol–water partition coefficient (Wildman–Crippen LogP) is 9.78. The Hall–Kier alpha value is -2.04. The molecule has 0 amide bonds. The normalized spacial score (nSPS) is 29.3. The van der Waals surface area contributed by atoms with Crippen LogP contribution in [0.5, 0.6) is 0 Å². The minimum Gasteiger partial charge on any atom is -0.449 e. The van der Waals surface area contributed by atoms with Crippen molar-refractivity contribution >= 4 is 22.6 Å². The SMILES string of the molecule is C=C1CCC[C@H]2O[C@@H](C=C[C@@H]2OC)CC#CC(=O)O[C@H]([C@H](/C=C/[C@@H]2CC(C)=CCO2)O[Si](C)(C)C(C)(C)C)C/C=C/C(O[Si](C)(C)C(C)(C)C)C1. The molecule has 3 rings (SSSR count). The molecule has 3 aliphatic heterocycles. The van der Waals surface area contributed by atoms with Gasteiger partial charge in [-0.15, -0.1) is 0 Å². The molecule has 7 nitrogen and oxygen atoms in total. The molecule has 0 aliphatic carbocycles. The largest absolute Gasteiger partial charge is 0.449 e. The van der Waals surface area contributed by atoms with Crippen LogP contribution in [0.1, 0.15) is 93.4 Å². The zero-order valence-corrected chi connectivity index (χ0v) is 35.8. The molecule has 3 aliphatic rings. The summed E-state index contributed by atoms with van der Waals surface area (Å²) in [5.41, 5.74) is 2.45. The number of fused-ring (bicyclic) bond motifs is 2. The van der Waals surface area contributed by atoms with Crippen molar-refractivity contribution in [1.82, 2.24) is 0 Å². The Morgan fingerprint density at radius 2 is 1.73 bits per heavy atom. The Morgan fingerprint density at radius 3 is 2.37 bits per heavy atom. The lowest BCUT2D eigenvalue weighted by molar-refractivity contribution is -0.145. The lowest BCUT2D eigenvalue weighted by atomic mass is 9.98. The van der Waals surface area contributed by atoms with E-state index in [9.17, 15) is 4.79 Å². The van der Waals surface area contributed by atoms with E-state index in [0.29, 0.717) is 19.4 Å². The topological polar surface area (TPSA) is 72.5 Å². The average Bonchev–Trinajstić information content (AvgIpc) is 3.01. The van der Waals surface area contributed by atoms with Gasteiger partial charge < -0.3 is 27.8 Å². The number of cyclic esters (lactones) is 1. The van der Waals surface area contributed by atoms with Crippen molar-refractivity contribution in [3.05, 3.63) is 60.3 Å². The van der Waals surface area contributed by atoms with Crippen LogP contribution >= 0.6 is 0 Å². The average molecular weight is 741 g/mol. The van der Waals surface area contributed by atoms with Gasteiger partial charge in [0.1, 0.15) is 18.3 Å². The summed E-state index contributed by atoms with van der Waals surface area (Å²) in [7, 11) is -2.71. The molecule has 7 atom stereocenters. The van der Waals surface area contributed by atoms with Crippen molar-refractivity contribution in [2.24, 2.45) is 0 Å². The van der Waals surface area contributed by atoms with Gasteiger partial charge in [0.25, 0.3) is 0 Å². The molecule has 0 spiro atoms. The fourth-order valence-corrected chi connectivity index (χ4v) is 8.36. The van der Waals surface area contributed by atoms with Crippen molar-refractivity contribution in [3.63, 3.8) is 0 Å². The third-order valence-corrected chi connectivity index (χ3v) is 20.1. The minimum absolute atomic E-state index is 0.0457. The molecule has 3 heterocycles. The number of ether oxygens (including phenoxy) is 4. The van der Waals surface area contributed by atoms with Gasteiger partial charge in [-0.2, -0.15) is 0 Å². The third kappa shape index (κ3) is 13.7. The monoisotopic (exact) mass is 740 g/mol. The van der Waals surface area contributed by atoms with Gasteiger partial charge in [0.15, 0.2) is 16.6 Å². The molecular formula is C42H68O7Si2. The first-order valence-electron chi connectivity index (χ1n) is 18.9. The zero-order chi connectivity index (χ0) is 38.0. The van der Waals surface area contributed by atoms with Crippen LogP contribution in [0.25, 0.3) is 0 Å². The van der Waals surface area contributed by atoms with Crippen molar-refractivity contribution in [2.75, 3.05) is 13.7 Å². The first-order chi connectivity index (χ1) is 23.7. The summed E-state index contributed by atoms with van der Waals surface area (Å²) in [4.78, 5) is 13.4. The molecule has 51 heavy (non-hydrogen) atoms. The standard InChI is InChI=1S/C42H68O7Si2/c1-31-17-14-20-37-36(44-9)25-23-33(46-37)18-16-22-40(43)47-38(21-15-19-35(30-31)48-50(10,11)41(3,4)5)39(49-51(12,13)42(6,7)8)26-24-34-29-32(2)27-28-45-34/h15,19,23-27,33-39H,1,14,17-18,20-21,28-30H2,2-13H3/b19-15+,26-24+/t33-,34-,35?,36+,37-,38+,39+/m1/s1. The van der Waals surface area contributed by atoms with Crippen molar-refractivity contribution < 1.29 is 32.6 Å². The molecule has 9 heteroatoms. The van der Waals surface area contributed by atoms with E-state index in [2.05, 4.69) is 123 Å². The molecule has 0 N–H and O–H groups in total. The van der Waals surface area contributed by atoms with Crippen molar-refractivity contribution in [1.29, 1.82) is 0 Å². The van der Waals surface area contributed by atoms with Crippen molar-refractivity contribution in [3.8, 4) is 11.8 Å². The van der Waals surface area contributed by atoms with Crippen LogP contribution < -0.4 is 0 Å². The van der Waals surface area contributed by atoms with Crippen LogP contribution in [-0.4, -0.2) is 79.0 Å². The van der Waals surface area contributed by atoms with E-state index in [1.807, 2.05) is 12.2 Å². The van der Waals surface area contributed by atoms with Gasteiger partial charge in [0.2, 0.25) is 0 Å². The number of hydrogen-bond donors (Lipinski definition) is 0. The van der Waals surface area contributed by atoms with E-state index >= 15 is 0 Å². The molecule has 0 aromatic carbocycles. The van der Waals surface area contributed by atoms with Crippen LogP contribution in [0.3, 0.4) is 0 Å². The first kappa shape index (κ1) is 43.4. The molecular weight excluding hydrogens is 673 g/mol. The van der Waals surface area contributed by atoms with E-state index in [0.717, 1.165) is 37.7 Å². The highest BCUT2D eigenvalue weighted by molar-refractivity contribution is 6.74. The third-order valence-electron chi connectivity index (χ3n) is 11.1. The van der Waals surface area contributed by atoms with Gasteiger partial charge in [0, 0.05) is 25.9 Å². The van der Waals surface area contributed by atoms with Gasteiger partial charge in [-0.05, 0) is 75.3 Å². The second-order valence-electron chi connectivity index (χ2n) is 17.5. The Balaban J connectivity index is 2.03. The Labute approximate surface area is 312 Å². The number of rotatable bonds is 8. The summed E-state index contributed by atoms with van der Waals surface area (Å²) in [6, 6.07) is 0. The fraction of sp³-hybridized carbons (Fsp3) is 0.690. The van der Waals surface area contributed by atoms with E-state index in [1.54, 1.807) is 7.11 Å². The predicted molar refractivity (Wildman–Crippen MR) is 214 cm³/mol. The summed E-state index contributed by atoms with van der Waals surface area (Å²) in [5.74, 6) is 5.22. The highest BCUT2D eigenvalue weighted by atomic mass is 28.4. The number of carbonyl (C=O) groups is 1. The molecule has 2 bridgehead atoms. The van der Waals surface area contributed by atoms with Crippen LogP contribution in [0, 0.1) is 11.8 Å². The van der Waals surface area contributed by atoms with E-state index < -0.39 is 34.8 Å². The smallest absolute Gasteiger partial charge is 0.384 e. The van der Waals surface area contributed by atoms with Gasteiger partial charge in [-0.25, -0.2) is 4.79 Å². The second kappa shape index (κ2) is 18.8. The van der Waals surface area contributed by atoms with Crippen LogP contribution in [0.15, 0.2) is 60.3 Å². The first-order valence-corrected chi connectivity index (χ1v) is 24.7. The Kier molecular flexibility index (Phi) is 16.0. The van der Waals surface area contributed by atoms with Gasteiger partial charge in [-0.1, -0.05) is 108 Å². The van der Waals surface area contributed by atoms with Crippen LogP contribution in [0.2, 0.25) is 36.3 Å². The molecule has 0 saturated carbocycles. The molecule has 0 aromatic rings. The minimum atomic E-state index is -2.30. The molecule has 0 radical (unpaired) electrons. The van der Waals surface area contributed by atoms with Crippen LogP contribution in [-0.2, 0) is 32.6 Å². The number of carbonyl (C=O) groups excluding carboxylic acids is 1. The van der Waals surface area contributed by atoms with Gasteiger partial charge >= 0.3 is 5.97 Å². The summed E-state index contributed by atoms with van der Waals surface area (Å²) >= 11 is 0. The summed E-state index contributed by atoms with van der Waals surface area (Å²) in [5, 5.41) is -0.00526. The molecule has 0 saturated heterocycles. The van der Waals surface area contributed by atoms with Crippen molar-refractivity contribution in [2.45, 2.75) is 172 Å². The molecule has 1 unspecified atom stereocenters. The summed E-state index contributed by atoms with van der Waals surface area (Å²) in [6.07, 6.45) is 17.8. The van der Waals surface area contributed by atoms with Gasteiger partial charge in [-0.3, -0.25) is 0 Å². The second-order valence-corrected chi connectivity index (χ2v) is 27.0. The number of methoxy groups -OCH3 is 1. The number of esters is 1. The van der Waals surface area contributed by atoms with E-state index in [1.165, 1.54) is 5.57 Å². The summed E-state index contributed by atoms with van der Waals surface area (Å²) < 4.78 is 38.4. The molecule has 0 fully saturated rings. The van der Waals surface area contributed by atoms with E-state index in [-0.39, 0.29) is 40.6 Å². The number of hydrogen-bond acceptors (Lipinski definition) is 7. The van der Waals surface area contributed by atoms with Crippen LogP contribution in [0.4, 0.5) is 0 Å². The highest BCUT2D eigenvalue weighted by Gasteiger charge is 2.41. The fourth-order valence-electron chi connectivity index (χ4n) is 5.82. The molecule has 286 valence electrons. The lowest BCUT2D eigenvalue weighted by Crippen LogP contribution is -2.47. The maximum atomic E-state index is 13.4.